The van der Waals surface area contributed by atoms with E-state index < -0.39 is 0 Å². The molecule has 3 rings (SSSR count). The van der Waals surface area contributed by atoms with E-state index in [4.69, 9.17) is 0 Å². The van der Waals surface area contributed by atoms with Crippen molar-refractivity contribution in [2.45, 2.75) is 38.1 Å². The minimum Gasteiger partial charge on any atom is -0.348 e. The second-order valence-electron chi connectivity index (χ2n) is 5.79. The summed E-state index contributed by atoms with van der Waals surface area (Å²) in [5.41, 5.74) is 2.70. The van der Waals surface area contributed by atoms with Gasteiger partial charge in [-0.25, -0.2) is 0 Å². The highest BCUT2D eigenvalue weighted by molar-refractivity contribution is 5.78. The van der Waals surface area contributed by atoms with Gasteiger partial charge in [0.05, 0.1) is 12.6 Å². The van der Waals surface area contributed by atoms with Crippen LogP contribution in [0.2, 0.25) is 0 Å². The molecule has 2 N–H and O–H groups in total. The molecule has 0 saturated heterocycles. The van der Waals surface area contributed by atoms with Crippen molar-refractivity contribution in [3.05, 3.63) is 35.4 Å². The van der Waals surface area contributed by atoms with Crippen molar-refractivity contribution in [1.82, 2.24) is 10.6 Å². The molecule has 1 aromatic rings. The maximum Gasteiger partial charge on any atom is 0.234 e. The van der Waals surface area contributed by atoms with Crippen LogP contribution in [0.15, 0.2) is 24.3 Å². The summed E-state index contributed by atoms with van der Waals surface area (Å²) in [6.07, 6.45) is 6.01. The van der Waals surface area contributed by atoms with Gasteiger partial charge in [-0.15, -0.1) is 0 Å². The number of rotatable bonds is 5. The van der Waals surface area contributed by atoms with Gasteiger partial charge in [-0.3, -0.25) is 4.79 Å². The molecule has 1 fully saturated rings. The molecule has 1 unspecified atom stereocenters. The highest BCUT2D eigenvalue weighted by atomic mass is 16.1. The Morgan fingerprint density at radius 1 is 1.21 bits per heavy atom. The van der Waals surface area contributed by atoms with Crippen LogP contribution in [-0.4, -0.2) is 19.0 Å². The standard InChI is InChI=1S/C16H22N2O/c19-16(11-17-10-12-8-9-12)18-15-7-3-5-13-4-1-2-6-14(13)15/h1-2,4,6,12,15,17H,3,5,7-11H2,(H,18,19). The zero-order valence-electron chi connectivity index (χ0n) is 11.3. The second-order valence-corrected chi connectivity index (χ2v) is 5.79. The average Bonchev–Trinajstić information content (AvgIpc) is 3.23. The monoisotopic (exact) mass is 258 g/mol. The van der Waals surface area contributed by atoms with Crippen molar-refractivity contribution >= 4 is 5.91 Å². The summed E-state index contributed by atoms with van der Waals surface area (Å²) in [6, 6.07) is 8.69. The molecule has 0 heterocycles. The van der Waals surface area contributed by atoms with Gasteiger partial charge < -0.3 is 10.6 Å². The van der Waals surface area contributed by atoms with Crippen LogP contribution in [0, 0.1) is 5.92 Å². The molecule has 0 radical (unpaired) electrons. The molecule has 2 aliphatic rings. The van der Waals surface area contributed by atoms with Crippen molar-refractivity contribution < 1.29 is 4.79 Å². The fraction of sp³-hybridized carbons (Fsp3) is 0.562. The predicted octanol–water partition coefficient (Wildman–Crippen LogP) is 2.18. The first-order valence-electron chi connectivity index (χ1n) is 7.41. The minimum absolute atomic E-state index is 0.127. The van der Waals surface area contributed by atoms with E-state index >= 15 is 0 Å². The zero-order valence-corrected chi connectivity index (χ0v) is 11.3. The molecule has 19 heavy (non-hydrogen) atoms. The third-order valence-corrected chi connectivity index (χ3v) is 4.12. The van der Waals surface area contributed by atoms with Gasteiger partial charge in [0, 0.05) is 0 Å². The van der Waals surface area contributed by atoms with Crippen molar-refractivity contribution in [2.24, 2.45) is 5.92 Å². The van der Waals surface area contributed by atoms with Gasteiger partial charge in [-0.05, 0) is 55.7 Å². The van der Waals surface area contributed by atoms with E-state index in [1.54, 1.807) is 0 Å². The molecular weight excluding hydrogens is 236 g/mol. The van der Waals surface area contributed by atoms with Gasteiger partial charge in [0.15, 0.2) is 0 Å². The van der Waals surface area contributed by atoms with Crippen LogP contribution in [0.25, 0.3) is 0 Å². The molecule has 1 atom stereocenters. The Morgan fingerprint density at radius 3 is 2.89 bits per heavy atom. The number of amides is 1. The van der Waals surface area contributed by atoms with Crippen LogP contribution < -0.4 is 10.6 Å². The third kappa shape index (κ3) is 3.35. The summed E-state index contributed by atoms with van der Waals surface area (Å²) in [6.45, 7) is 1.45. The van der Waals surface area contributed by atoms with Gasteiger partial charge in [-0.2, -0.15) is 0 Å². The number of benzene rings is 1. The maximum atomic E-state index is 11.9. The first-order chi connectivity index (χ1) is 9.33. The number of aryl methyl sites for hydroxylation is 1. The molecule has 0 aliphatic heterocycles. The summed E-state index contributed by atoms with van der Waals surface area (Å²) < 4.78 is 0. The predicted molar refractivity (Wildman–Crippen MR) is 75.9 cm³/mol. The van der Waals surface area contributed by atoms with Crippen molar-refractivity contribution in [3.63, 3.8) is 0 Å². The van der Waals surface area contributed by atoms with E-state index in [9.17, 15) is 4.79 Å². The summed E-state index contributed by atoms with van der Waals surface area (Å²) >= 11 is 0. The smallest absolute Gasteiger partial charge is 0.234 e. The molecule has 1 aromatic carbocycles. The Hall–Kier alpha value is -1.35. The first-order valence-corrected chi connectivity index (χ1v) is 7.41. The fourth-order valence-electron chi connectivity index (χ4n) is 2.86. The van der Waals surface area contributed by atoms with Crippen molar-refractivity contribution in [1.29, 1.82) is 0 Å². The van der Waals surface area contributed by atoms with Gasteiger partial charge >= 0.3 is 0 Å². The van der Waals surface area contributed by atoms with Crippen LogP contribution in [-0.2, 0) is 11.2 Å². The van der Waals surface area contributed by atoms with E-state index in [0.29, 0.717) is 6.54 Å². The van der Waals surface area contributed by atoms with E-state index in [1.165, 1.54) is 24.0 Å². The number of nitrogens with one attached hydrogen (secondary N) is 2. The van der Waals surface area contributed by atoms with Gasteiger partial charge in [0.1, 0.15) is 0 Å². The SMILES string of the molecule is O=C(CNCC1CC1)NC1CCCc2ccccc21. The average molecular weight is 258 g/mol. The molecule has 0 aromatic heterocycles. The molecule has 1 saturated carbocycles. The van der Waals surface area contributed by atoms with E-state index in [1.807, 2.05) is 0 Å². The third-order valence-electron chi connectivity index (χ3n) is 4.12. The lowest BCUT2D eigenvalue weighted by molar-refractivity contribution is -0.121. The Bertz CT molecular complexity index is 454. The highest BCUT2D eigenvalue weighted by Crippen LogP contribution is 2.29. The lowest BCUT2D eigenvalue weighted by Crippen LogP contribution is -2.38. The zero-order chi connectivity index (χ0) is 13.1. The second kappa shape index (κ2) is 5.74. The number of carbonyl (C=O) groups is 1. The van der Waals surface area contributed by atoms with Crippen LogP contribution in [0.3, 0.4) is 0 Å². The lowest BCUT2D eigenvalue weighted by atomic mass is 9.88. The summed E-state index contributed by atoms with van der Waals surface area (Å²) in [5, 5.41) is 6.42. The van der Waals surface area contributed by atoms with Crippen LogP contribution in [0.1, 0.15) is 42.9 Å². The topological polar surface area (TPSA) is 41.1 Å². The largest absolute Gasteiger partial charge is 0.348 e. The van der Waals surface area contributed by atoms with Crippen LogP contribution in [0.4, 0.5) is 0 Å². The number of hydrogen-bond donors (Lipinski definition) is 2. The maximum absolute atomic E-state index is 11.9. The molecule has 102 valence electrons. The van der Waals surface area contributed by atoms with Crippen LogP contribution in [0.5, 0.6) is 0 Å². The number of fused-ring (bicyclic) bond motifs is 1. The Morgan fingerprint density at radius 2 is 2.05 bits per heavy atom. The van der Waals surface area contributed by atoms with E-state index in [0.717, 1.165) is 31.7 Å². The minimum atomic E-state index is 0.127. The Labute approximate surface area is 114 Å². The molecule has 1 amide bonds. The van der Waals surface area contributed by atoms with Crippen molar-refractivity contribution in [3.8, 4) is 0 Å². The van der Waals surface area contributed by atoms with Gasteiger partial charge in [-0.1, -0.05) is 24.3 Å². The van der Waals surface area contributed by atoms with Crippen molar-refractivity contribution in [2.75, 3.05) is 13.1 Å². The summed E-state index contributed by atoms with van der Waals surface area (Å²) in [4.78, 5) is 11.9. The molecule has 0 spiro atoms. The molecular formula is C16H22N2O. The summed E-state index contributed by atoms with van der Waals surface area (Å²) in [7, 11) is 0. The van der Waals surface area contributed by atoms with Gasteiger partial charge in [0.25, 0.3) is 0 Å². The molecule has 3 nitrogen and oxygen atoms in total. The van der Waals surface area contributed by atoms with Crippen LogP contribution >= 0.6 is 0 Å². The Kier molecular flexibility index (Phi) is 3.83. The Balaban J connectivity index is 1.53. The normalized spacial score (nSPS) is 21.8. The first kappa shape index (κ1) is 12.7. The van der Waals surface area contributed by atoms with E-state index in [-0.39, 0.29) is 11.9 Å². The molecule has 0 bridgehead atoms. The quantitative estimate of drug-likeness (QED) is 0.850. The highest BCUT2D eigenvalue weighted by Gasteiger charge is 2.22. The number of carbonyl (C=O) groups excluding carboxylic acids is 1. The lowest BCUT2D eigenvalue weighted by Gasteiger charge is -2.26. The summed E-state index contributed by atoms with van der Waals surface area (Å²) in [5.74, 6) is 0.950. The fourth-order valence-corrected chi connectivity index (χ4v) is 2.86. The number of hydrogen-bond acceptors (Lipinski definition) is 2. The molecule has 3 heteroatoms. The molecule has 2 aliphatic carbocycles. The van der Waals surface area contributed by atoms with E-state index in [2.05, 4.69) is 34.9 Å². The van der Waals surface area contributed by atoms with Gasteiger partial charge in [0.2, 0.25) is 5.91 Å².